The zero-order valence-corrected chi connectivity index (χ0v) is 15.5. The molecule has 0 bridgehead atoms. The maximum absolute atomic E-state index is 12.2. The van der Waals surface area contributed by atoms with E-state index in [0.29, 0.717) is 19.1 Å². The van der Waals surface area contributed by atoms with E-state index in [0.717, 1.165) is 56.9 Å². The number of piperidine rings is 1. The Balaban J connectivity index is 1.30. The van der Waals surface area contributed by atoms with E-state index in [9.17, 15) is 4.79 Å². The van der Waals surface area contributed by atoms with Crippen LogP contribution < -0.4 is 9.47 Å². The van der Waals surface area contributed by atoms with Crippen LogP contribution >= 0.6 is 0 Å². The quantitative estimate of drug-likeness (QED) is 0.710. The van der Waals surface area contributed by atoms with E-state index < -0.39 is 0 Å². The summed E-state index contributed by atoms with van der Waals surface area (Å²) in [6, 6.07) is 7.63. The Morgan fingerprint density at radius 3 is 2.50 bits per heavy atom. The summed E-state index contributed by atoms with van der Waals surface area (Å²) in [4.78, 5) is 14.1. The van der Waals surface area contributed by atoms with Gasteiger partial charge in [-0.1, -0.05) is 0 Å². The second kappa shape index (κ2) is 9.78. The maximum Gasteiger partial charge on any atom is 0.248 e. The first-order chi connectivity index (χ1) is 12.7. The number of ether oxygens (including phenoxy) is 4. The lowest BCUT2D eigenvalue weighted by atomic mass is 9.98. The molecule has 0 aromatic heterocycles. The molecule has 3 rings (SSSR count). The van der Waals surface area contributed by atoms with E-state index in [1.807, 2.05) is 29.2 Å². The predicted molar refractivity (Wildman–Crippen MR) is 97.6 cm³/mol. The first kappa shape index (κ1) is 19.0. The van der Waals surface area contributed by atoms with E-state index in [1.165, 1.54) is 0 Å². The van der Waals surface area contributed by atoms with Gasteiger partial charge in [0.25, 0.3) is 0 Å². The first-order valence-corrected chi connectivity index (χ1v) is 9.48. The fraction of sp³-hybridized carbons (Fsp3) is 0.650. The van der Waals surface area contributed by atoms with Crippen molar-refractivity contribution in [1.82, 2.24) is 4.90 Å². The van der Waals surface area contributed by atoms with Crippen molar-refractivity contribution >= 4 is 5.91 Å². The Morgan fingerprint density at radius 1 is 1.12 bits per heavy atom. The molecule has 2 fully saturated rings. The fourth-order valence-corrected chi connectivity index (χ4v) is 3.38. The van der Waals surface area contributed by atoms with E-state index in [2.05, 4.69) is 0 Å². The van der Waals surface area contributed by atoms with Crippen LogP contribution in [0.1, 0.15) is 25.7 Å². The van der Waals surface area contributed by atoms with Crippen LogP contribution in [-0.2, 0) is 14.3 Å². The zero-order valence-electron chi connectivity index (χ0n) is 15.5. The van der Waals surface area contributed by atoms with Crippen molar-refractivity contribution in [3.63, 3.8) is 0 Å². The van der Waals surface area contributed by atoms with Gasteiger partial charge in [0.1, 0.15) is 18.1 Å². The third-order valence-corrected chi connectivity index (χ3v) is 5.07. The van der Waals surface area contributed by atoms with Crippen molar-refractivity contribution < 1.29 is 23.7 Å². The zero-order chi connectivity index (χ0) is 18.2. The smallest absolute Gasteiger partial charge is 0.248 e. The standard InChI is InChI=1S/C20H29NO5/c1-23-17-4-6-18(7-5-17)26-13-16-8-10-21(11-9-16)20(22)15-24-14-19-3-2-12-25-19/h4-7,16,19H,2-3,8-15H2,1H3. The molecule has 2 aliphatic rings. The fourth-order valence-electron chi connectivity index (χ4n) is 3.38. The molecule has 2 heterocycles. The second-order valence-electron chi connectivity index (χ2n) is 6.96. The summed E-state index contributed by atoms with van der Waals surface area (Å²) in [5, 5.41) is 0. The van der Waals surface area contributed by atoms with Crippen LogP contribution in [-0.4, -0.2) is 63.5 Å². The highest BCUT2D eigenvalue weighted by Gasteiger charge is 2.24. The van der Waals surface area contributed by atoms with Crippen molar-refractivity contribution in [3.8, 4) is 11.5 Å². The minimum atomic E-state index is 0.0810. The van der Waals surface area contributed by atoms with Crippen LogP contribution in [0.4, 0.5) is 0 Å². The molecule has 144 valence electrons. The average Bonchev–Trinajstić information content (AvgIpc) is 3.20. The van der Waals surface area contributed by atoms with E-state index in [-0.39, 0.29) is 18.6 Å². The number of hydrogen-bond donors (Lipinski definition) is 0. The number of carbonyl (C=O) groups is 1. The van der Waals surface area contributed by atoms with Gasteiger partial charge in [0, 0.05) is 19.7 Å². The molecule has 6 heteroatoms. The largest absolute Gasteiger partial charge is 0.497 e. The Hall–Kier alpha value is -1.79. The summed E-state index contributed by atoms with van der Waals surface area (Å²) in [5.74, 6) is 2.24. The van der Waals surface area contributed by atoms with Crippen molar-refractivity contribution in [2.75, 3.05) is 46.6 Å². The monoisotopic (exact) mass is 363 g/mol. The normalized spacial score (nSPS) is 21.0. The minimum Gasteiger partial charge on any atom is -0.497 e. The lowest BCUT2D eigenvalue weighted by molar-refractivity contribution is -0.138. The van der Waals surface area contributed by atoms with Gasteiger partial charge in [-0.2, -0.15) is 0 Å². The molecule has 1 amide bonds. The molecule has 0 N–H and O–H groups in total. The molecule has 6 nitrogen and oxygen atoms in total. The number of nitrogens with zero attached hydrogens (tertiary/aromatic N) is 1. The average molecular weight is 363 g/mol. The van der Waals surface area contributed by atoms with Crippen LogP contribution in [0.2, 0.25) is 0 Å². The predicted octanol–water partition coefficient (Wildman–Crippen LogP) is 2.51. The summed E-state index contributed by atoms with van der Waals surface area (Å²) in [6.07, 6.45) is 4.23. The topological polar surface area (TPSA) is 57.2 Å². The Labute approximate surface area is 155 Å². The van der Waals surface area contributed by atoms with Gasteiger partial charge < -0.3 is 23.8 Å². The molecule has 0 spiro atoms. The molecule has 0 saturated carbocycles. The number of rotatable bonds is 8. The molecule has 0 aliphatic carbocycles. The summed E-state index contributed by atoms with van der Waals surface area (Å²) in [7, 11) is 1.65. The Bertz CT molecular complexity index is 548. The van der Waals surface area contributed by atoms with Gasteiger partial charge in [0.05, 0.1) is 26.4 Å². The molecule has 0 radical (unpaired) electrons. The van der Waals surface area contributed by atoms with E-state index >= 15 is 0 Å². The summed E-state index contributed by atoms with van der Waals surface area (Å²) in [5.41, 5.74) is 0. The molecule has 2 aliphatic heterocycles. The molecule has 1 aromatic carbocycles. The Kier molecular flexibility index (Phi) is 7.14. The van der Waals surface area contributed by atoms with Gasteiger partial charge in [-0.3, -0.25) is 4.79 Å². The number of hydrogen-bond acceptors (Lipinski definition) is 5. The molecular formula is C20H29NO5. The van der Waals surface area contributed by atoms with E-state index in [1.54, 1.807) is 7.11 Å². The van der Waals surface area contributed by atoms with Gasteiger partial charge in [-0.25, -0.2) is 0 Å². The molecule has 2 saturated heterocycles. The van der Waals surface area contributed by atoms with Gasteiger partial charge in [0.2, 0.25) is 5.91 Å². The Morgan fingerprint density at radius 2 is 1.85 bits per heavy atom. The van der Waals surface area contributed by atoms with Crippen molar-refractivity contribution in [1.29, 1.82) is 0 Å². The van der Waals surface area contributed by atoms with E-state index in [4.69, 9.17) is 18.9 Å². The maximum atomic E-state index is 12.2. The number of benzene rings is 1. The van der Waals surface area contributed by atoms with Gasteiger partial charge in [-0.15, -0.1) is 0 Å². The molecule has 1 atom stereocenters. The number of methoxy groups -OCH3 is 1. The second-order valence-corrected chi connectivity index (χ2v) is 6.96. The lowest BCUT2D eigenvalue weighted by Gasteiger charge is -2.32. The van der Waals surface area contributed by atoms with Crippen LogP contribution in [0.15, 0.2) is 24.3 Å². The summed E-state index contributed by atoms with van der Waals surface area (Å²) < 4.78 is 22.0. The lowest BCUT2D eigenvalue weighted by Crippen LogP contribution is -2.41. The van der Waals surface area contributed by atoms with Crippen LogP contribution in [0, 0.1) is 5.92 Å². The van der Waals surface area contributed by atoms with Crippen LogP contribution in [0.25, 0.3) is 0 Å². The first-order valence-electron chi connectivity index (χ1n) is 9.48. The van der Waals surface area contributed by atoms with Crippen molar-refractivity contribution in [3.05, 3.63) is 24.3 Å². The number of carbonyl (C=O) groups excluding carboxylic acids is 1. The van der Waals surface area contributed by atoms with Gasteiger partial charge in [0.15, 0.2) is 0 Å². The minimum absolute atomic E-state index is 0.0810. The van der Waals surface area contributed by atoms with Gasteiger partial charge >= 0.3 is 0 Å². The number of amides is 1. The highest BCUT2D eigenvalue weighted by molar-refractivity contribution is 5.77. The third-order valence-electron chi connectivity index (χ3n) is 5.07. The summed E-state index contributed by atoms with van der Waals surface area (Å²) >= 11 is 0. The van der Waals surface area contributed by atoms with Crippen molar-refractivity contribution in [2.24, 2.45) is 5.92 Å². The van der Waals surface area contributed by atoms with Gasteiger partial charge in [-0.05, 0) is 55.9 Å². The number of likely N-dealkylation sites (tertiary alicyclic amines) is 1. The highest BCUT2D eigenvalue weighted by Crippen LogP contribution is 2.21. The van der Waals surface area contributed by atoms with Crippen LogP contribution in [0.5, 0.6) is 11.5 Å². The molecule has 1 aromatic rings. The SMILES string of the molecule is COc1ccc(OCC2CCN(C(=O)COCC3CCCO3)CC2)cc1. The van der Waals surface area contributed by atoms with Crippen LogP contribution in [0.3, 0.4) is 0 Å². The molecule has 26 heavy (non-hydrogen) atoms. The third kappa shape index (κ3) is 5.61. The summed E-state index contributed by atoms with van der Waals surface area (Å²) in [6.45, 7) is 3.74. The highest BCUT2D eigenvalue weighted by atomic mass is 16.5. The van der Waals surface area contributed by atoms with Crippen molar-refractivity contribution in [2.45, 2.75) is 31.8 Å². The molecule has 1 unspecified atom stereocenters. The molecular weight excluding hydrogens is 334 g/mol.